The topological polar surface area (TPSA) is 50.3 Å². The summed E-state index contributed by atoms with van der Waals surface area (Å²) in [5.74, 6) is -2.38. The van der Waals surface area contributed by atoms with Crippen LogP contribution in [0.2, 0.25) is 0 Å². The smallest absolute Gasteiger partial charge is 0.268 e. The molecule has 0 unspecified atom stereocenters. The number of hydrogen-bond donors (Lipinski definition) is 0. The van der Waals surface area contributed by atoms with E-state index in [9.17, 15) is 35.9 Å². The van der Waals surface area contributed by atoms with Gasteiger partial charge in [0.2, 0.25) is 0 Å². The molecule has 2 heterocycles. The van der Waals surface area contributed by atoms with Gasteiger partial charge in [0.15, 0.2) is 0 Å². The fourth-order valence-corrected chi connectivity index (χ4v) is 3.66. The summed E-state index contributed by atoms with van der Waals surface area (Å²) in [5, 5.41) is 0. The summed E-state index contributed by atoms with van der Waals surface area (Å²) < 4.78 is 78.9. The highest BCUT2D eigenvalue weighted by Gasteiger charge is 2.47. The minimum Gasteiger partial charge on any atom is -0.268 e. The van der Waals surface area contributed by atoms with Crippen molar-refractivity contribution in [2.75, 3.05) is 4.90 Å². The molecule has 1 aromatic heterocycles. The highest BCUT2D eigenvalue weighted by molar-refractivity contribution is 6.34. The van der Waals surface area contributed by atoms with Crippen LogP contribution in [0, 0.1) is 0 Å². The Bertz CT molecular complexity index is 989. The molecule has 0 spiro atoms. The molecule has 2 amide bonds. The Labute approximate surface area is 160 Å². The summed E-state index contributed by atoms with van der Waals surface area (Å²) >= 11 is 0. The zero-order valence-electron chi connectivity index (χ0n) is 14.6. The standard InChI is InChI=1S/C19H12F6N2O2/c20-18(21,22)12-7-10-11(8-13(12)19(23,24)25)17(29)27(16(10)28)15-6-5-9-3-1-2-4-14(9)26-15/h5-8H,1-4H2. The number of hydrogen-bond acceptors (Lipinski definition) is 3. The highest BCUT2D eigenvalue weighted by Crippen LogP contribution is 2.43. The SMILES string of the molecule is O=C1c2cc(C(F)(F)F)c(C(F)(F)F)cc2C(=O)N1c1ccc2c(n1)CCCC2. The van der Waals surface area contributed by atoms with E-state index in [0.29, 0.717) is 17.0 Å². The van der Waals surface area contributed by atoms with Crippen LogP contribution in [0.25, 0.3) is 0 Å². The van der Waals surface area contributed by atoms with E-state index in [2.05, 4.69) is 4.98 Å². The first-order valence-electron chi connectivity index (χ1n) is 8.68. The van der Waals surface area contributed by atoms with Gasteiger partial charge >= 0.3 is 12.4 Å². The first-order chi connectivity index (χ1) is 13.5. The van der Waals surface area contributed by atoms with Crippen LogP contribution in [0.3, 0.4) is 0 Å². The largest absolute Gasteiger partial charge is 0.417 e. The van der Waals surface area contributed by atoms with Crippen molar-refractivity contribution in [2.24, 2.45) is 0 Å². The van der Waals surface area contributed by atoms with E-state index in [-0.39, 0.29) is 18.0 Å². The van der Waals surface area contributed by atoms with Crippen LogP contribution < -0.4 is 4.90 Å². The van der Waals surface area contributed by atoms with Crippen molar-refractivity contribution >= 4 is 17.6 Å². The predicted octanol–water partition coefficient (Wildman–Crippen LogP) is 4.80. The third-order valence-electron chi connectivity index (χ3n) is 5.03. The number of fused-ring (bicyclic) bond motifs is 2. The van der Waals surface area contributed by atoms with E-state index in [0.717, 1.165) is 24.8 Å². The average molecular weight is 414 g/mol. The molecule has 2 aliphatic rings. The number of aryl methyl sites for hydroxylation is 2. The molecule has 152 valence electrons. The van der Waals surface area contributed by atoms with Gasteiger partial charge in [-0.1, -0.05) is 6.07 Å². The van der Waals surface area contributed by atoms with Gasteiger partial charge in [0, 0.05) is 5.69 Å². The summed E-state index contributed by atoms with van der Waals surface area (Å²) in [6.07, 6.45) is -7.49. The number of carbonyl (C=O) groups excluding carboxylic acids is 2. The fourth-order valence-electron chi connectivity index (χ4n) is 3.66. The second-order valence-electron chi connectivity index (χ2n) is 6.87. The molecule has 0 saturated heterocycles. The molecule has 0 atom stereocenters. The van der Waals surface area contributed by atoms with E-state index in [1.807, 2.05) is 0 Å². The second kappa shape index (κ2) is 6.30. The zero-order valence-corrected chi connectivity index (χ0v) is 14.6. The molecule has 0 N–H and O–H groups in total. The van der Waals surface area contributed by atoms with E-state index < -0.39 is 46.4 Å². The molecular weight excluding hydrogens is 402 g/mol. The van der Waals surface area contributed by atoms with Gasteiger partial charge in [0.25, 0.3) is 11.8 Å². The van der Waals surface area contributed by atoms with Crippen molar-refractivity contribution in [3.05, 3.63) is 57.8 Å². The number of halogens is 6. The number of alkyl halides is 6. The summed E-state index contributed by atoms with van der Waals surface area (Å²) in [4.78, 5) is 30.1. The molecule has 0 bridgehead atoms. The molecule has 4 nitrogen and oxygen atoms in total. The van der Waals surface area contributed by atoms with E-state index in [4.69, 9.17) is 0 Å². The van der Waals surface area contributed by atoms with Crippen molar-refractivity contribution in [1.29, 1.82) is 0 Å². The third-order valence-corrected chi connectivity index (χ3v) is 5.03. The van der Waals surface area contributed by atoms with Crippen LogP contribution in [0.15, 0.2) is 24.3 Å². The quantitative estimate of drug-likeness (QED) is 0.498. The zero-order chi connectivity index (χ0) is 21.1. The Kier molecular flexibility index (Phi) is 4.21. The third kappa shape index (κ3) is 3.16. The van der Waals surface area contributed by atoms with Gasteiger partial charge in [-0.05, 0) is 49.4 Å². The molecule has 1 aliphatic heterocycles. The lowest BCUT2D eigenvalue weighted by atomic mass is 9.96. The van der Waals surface area contributed by atoms with Crippen molar-refractivity contribution in [3.63, 3.8) is 0 Å². The van der Waals surface area contributed by atoms with E-state index in [1.165, 1.54) is 6.07 Å². The number of carbonyl (C=O) groups is 2. The van der Waals surface area contributed by atoms with Gasteiger partial charge in [-0.25, -0.2) is 9.88 Å². The van der Waals surface area contributed by atoms with E-state index >= 15 is 0 Å². The summed E-state index contributed by atoms with van der Waals surface area (Å²) in [5.41, 5.74) is -3.87. The molecular formula is C19H12F6N2O2. The lowest BCUT2D eigenvalue weighted by molar-refractivity contribution is -0.162. The first-order valence-corrected chi connectivity index (χ1v) is 8.68. The van der Waals surface area contributed by atoms with Gasteiger partial charge in [-0.15, -0.1) is 0 Å². The van der Waals surface area contributed by atoms with Crippen molar-refractivity contribution < 1.29 is 35.9 Å². The second-order valence-corrected chi connectivity index (χ2v) is 6.87. The van der Waals surface area contributed by atoms with Crippen LogP contribution in [-0.2, 0) is 25.2 Å². The van der Waals surface area contributed by atoms with Crippen molar-refractivity contribution in [1.82, 2.24) is 4.98 Å². The van der Waals surface area contributed by atoms with Crippen LogP contribution in [-0.4, -0.2) is 16.8 Å². The van der Waals surface area contributed by atoms with Crippen LogP contribution in [0.5, 0.6) is 0 Å². The molecule has 1 aliphatic carbocycles. The maximum absolute atomic E-state index is 13.2. The van der Waals surface area contributed by atoms with Crippen LogP contribution >= 0.6 is 0 Å². The number of amides is 2. The minimum atomic E-state index is -5.35. The average Bonchev–Trinajstić information content (AvgIpc) is 2.89. The summed E-state index contributed by atoms with van der Waals surface area (Å²) in [7, 11) is 0. The molecule has 10 heteroatoms. The lowest BCUT2D eigenvalue weighted by Gasteiger charge is -2.18. The fraction of sp³-hybridized carbons (Fsp3) is 0.316. The minimum absolute atomic E-state index is 0.0940. The predicted molar refractivity (Wildman–Crippen MR) is 88.5 cm³/mol. The van der Waals surface area contributed by atoms with Gasteiger partial charge in [-0.3, -0.25) is 9.59 Å². The molecule has 0 saturated carbocycles. The maximum Gasteiger partial charge on any atom is 0.417 e. The normalized spacial score (nSPS) is 16.8. The van der Waals surface area contributed by atoms with Crippen LogP contribution in [0.1, 0.15) is 55.9 Å². The number of imide groups is 1. The van der Waals surface area contributed by atoms with Gasteiger partial charge < -0.3 is 0 Å². The molecule has 29 heavy (non-hydrogen) atoms. The Morgan fingerprint density at radius 3 is 1.83 bits per heavy atom. The van der Waals surface area contributed by atoms with Gasteiger partial charge in [0.05, 0.1) is 22.3 Å². The number of nitrogens with zero attached hydrogens (tertiary/aromatic N) is 2. The maximum atomic E-state index is 13.2. The van der Waals surface area contributed by atoms with Gasteiger partial charge in [0.1, 0.15) is 5.82 Å². The van der Waals surface area contributed by atoms with Gasteiger partial charge in [-0.2, -0.15) is 26.3 Å². The van der Waals surface area contributed by atoms with Crippen molar-refractivity contribution in [2.45, 2.75) is 38.0 Å². The number of anilines is 1. The number of pyridine rings is 1. The first kappa shape index (κ1) is 19.4. The van der Waals surface area contributed by atoms with Crippen molar-refractivity contribution in [3.8, 4) is 0 Å². The molecule has 0 radical (unpaired) electrons. The Morgan fingerprint density at radius 1 is 0.793 bits per heavy atom. The molecule has 1 aromatic carbocycles. The molecule has 4 rings (SSSR count). The lowest BCUT2D eigenvalue weighted by Crippen LogP contribution is -2.30. The summed E-state index contributed by atoms with van der Waals surface area (Å²) in [6, 6.07) is 3.23. The Balaban J connectivity index is 1.83. The Morgan fingerprint density at radius 2 is 1.31 bits per heavy atom. The van der Waals surface area contributed by atoms with Crippen LogP contribution in [0.4, 0.5) is 32.2 Å². The number of rotatable bonds is 1. The summed E-state index contributed by atoms with van der Waals surface area (Å²) in [6.45, 7) is 0. The Hall–Kier alpha value is -2.91. The number of benzene rings is 1. The molecule has 2 aromatic rings. The highest BCUT2D eigenvalue weighted by atomic mass is 19.4. The number of aromatic nitrogens is 1. The molecule has 0 fully saturated rings. The van der Waals surface area contributed by atoms with E-state index in [1.54, 1.807) is 6.07 Å². The monoisotopic (exact) mass is 414 g/mol.